The lowest BCUT2D eigenvalue weighted by molar-refractivity contribution is -0.118. The first-order valence-corrected chi connectivity index (χ1v) is 7.49. The van der Waals surface area contributed by atoms with Crippen LogP contribution in [0.1, 0.15) is 4.88 Å². The van der Waals surface area contributed by atoms with Gasteiger partial charge in [-0.15, -0.1) is 11.3 Å². The quantitative estimate of drug-likeness (QED) is 0.729. The van der Waals surface area contributed by atoms with E-state index in [1.807, 2.05) is 41.0 Å². The van der Waals surface area contributed by atoms with Gasteiger partial charge in [0.05, 0.1) is 27.7 Å². The maximum Gasteiger partial charge on any atom is 0.157 e. The van der Waals surface area contributed by atoms with Crippen molar-refractivity contribution < 1.29 is 4.79 Å². The molecule has 0 aliphatic rings. The molecule has 5 heteroatoms. The van der Waals surface area contributed by atoms with Gasteiger partial charge in [0.1, 0.15) is 0 Å². The van der Waals surface area contributed by atoms with Crippen molar-refractivity contribution >= 4 is 44.1 Å². The Morgan fingerprint density at radius 1 is 1.26 bits per heavy atom. The van der Waals surface area contributed by atoms with Crippen LogP contribution in [0.2, 0.25) is 0 Å². The lowest BCUT2D eigenvalue weighted by atomic mass is 10.2. The molecule has 2 aromatic heterocycles. The largest absolute Gasteiger partial charge is 0.323 e. The minimum atomic E-state index is 0.192. The Balaban J connectivity index is 1.76. The number of rotatable bonds is 4. The fourth-order valence-corrected chi connectivity index (χ4v) is 3.53. The summed E-state index contributed by atoms with van der Waals surface area (Å²) in [4.78, 5) is 17.4. The van der Waals surface area contributed by atoms with E-state index in [-0.39, 0.29) is 5.78 Å². The molecular formula is C14H11BrN2OS. The van der Waals surface area contributed by atoms with Gasteiger partial charge < -0.3 is 4.57 Å². The van der Waals surface area contributed by atoms with Crippen molar-refractivity contribution in [3.05, 3.63) is 51.4 Å². The van der Waals surface area contributed by atoms with Gasteiger partial charge in [0.25, 0.3) is 0 Å². The first-order valence-electron chi connectivity index (χ1n) is 5.88. The molecule has 0 radical (unpaired) electrons. The summed E-state index contributed by atoms with van der Waals surface area (Å²) >= 11 is 5.01. The van der Waals surface area contributed by atoms with E-state index in [1.165, 1.54) is 0 Å². The number of Topliss-reactive ketones (excluding diaryl/α,β-unsaturated/α-hetero) is 1. The summed E-state index contributed by atoms with van der Waals surface area (Å²) < 4.78 is 2.96. The predicted octanol–water partition coefficient (Wildman–Crippen LogP) is 3.67. The Bertz CT molecular complexity index is 732. The van der Waals surface area contributed by atoms with Crippen molar-refractivity contribution in [3.63, 3.8) is 0 Å². The number of aromatic nitrogens is 2. The second-order valence-electron chi connectivity index (χ2n) is 4.28. The minimum Gasteiger partial charge on any atom is -0.323 e. The van der Waals surface area contributed by atoms with Gasteiger partial charge in [0.15, 0.2) is 5.78 Å². The molecule has 0 unspecified atom stereocenters. The number of para-hydroxylation sites is 2. The van der Waals surface area contributed by atoms with E-state index < -0.39 is 0 Å². The van der Waals surface area contributed by atoms with Crippen LogP contribution >= 0.6 is 27.3 Å². The van der Waals surface area contributed by atoms with E-state index in [0.29, 0.717) is 13.0 Å². The molecule has 0 saturated carbocycles. The van der Waals surface area contributed by atoms with Gasteiger partial charge in [-0.1, -0.05) is 12.1 Å². The van der Waals surface area contributed by atoms with E-state index in [0.717, 1.165) is 19.7 Å². The van der Waals surface area contributed by atoms with Crippen molar-refractivity contribution in [1.82, 2.24) is 9.55 Å². The molecule has 3 rings (SSSR count). The fourth-order valence-electron chi connectivity index (χ4n) is 2.02. The van der Waals surface area contributed by atoms with Crippen molar-refractivity contribution in [2.75, 3.05) is 0 Å². The Morgan fingerprint density at radius 2 is 2.11 bits per heavy atom. The highest BCUT2D eigenvalue weighted by Crippen LogP contribution is 2.22. The lowest BCUT2D eigenvalue weighted by Crippen LogP contribution is -2.11. The van der Waals surface area contributed by atoms with Gasteiger partial charge in [-0.05, 0) is 40.2 Å². The van der Waals surface area contributed by atoms with Crippen molar-refractivity contribution in [2.45, 2.75) is 13.0 Å². The third-order valence-electron chi connectivity index (χ3n) is 2.87. The fraction of sp³-hybridized carbons (Fsp3) is 0.143. The van der Waals surface area contributed by atoms with E-state index in [1.54, 1.807) is 17.7 Å². The van der Waals surface area contributed by atoms with Crippen LogP contribution in [0.3, 0.4) is 0 Å². The van der Waals surface area contributed by atoms with Gasteiger partial charge in [0.2, 0.25) is 0 Å². The lowest BCUT2D eigenvalue weighted by Gasteiger charge is -2.02. The molecule has 3 nitrogen and oxygen atoms in total. The number of imidazole rings is 1. The van der Waals surface area contributed by atoms with Crippen molar-refractivity contribution in [3.8, 4) is 0 Å². The highest BCUT2D eigenvalue weighted by Gasteiger charge is 2.09. The van der Waals surface area contributed by atoms with Crippen LogP contribution in [-0.2, 0) is 17.8 Å². The molecule has 0 bridgehead atoms. The van der Waals surface area contributed by atoms with Crippen LogP contribution in [0.15, 0.2) is 46.5 Å². The number of ketones is 1. The highest BCUT2D eigenvalue weighted by atomic mass is 79.9. The number of nitrogens with zero attached hydrogens (tertiary/aromatic N) is 2. The number of halogens is 1. The summed E-state index contributed by atoms with van der Waals surface area (Å²) in [6.07, 6.45) is 2.20. The van der Waals surface area contributed by atoms with E-state index in [2.05, 4.69) is 20.9 Å². The first-order chi connectivity index (χ1) is 9.22. The van der Waals surface area contributed by atoms with Gasteiger partial charge in [0, 0.05) is 11.3 Å². The molecule has 1 aromatic carbocycles. The number of carbonyl (C=O) groups is 1. The van der Waals surface area contributed by atoms with Crippen molar-refractivity contribution in [2.24, 2.45) is 0 Å². The van der Waals surface area contributed by atoms with Crippen LogP contribution in [-0.4, -0.2) is 15.3 Å². The zero-order chi connectivity index (χ0) is 13.2. The molecule has 2 heterocycles. The van der Waals surface area contributed by atoms with Crippen LogP contribution in [0.25, 0.3) is 11.0 Å². The molecule has 0 N–H and O–H groups in total. The number of carbonyl (C=O) groups excluding carboxylic acids is 1. The van der Waals surface area contributed by atoms with Gasteiger partial charge in [-0.2, -0.15) is 0 Å². The maximum absolute atomic E-state index is 12.1. The third kappa shape index (κ3) is 2.77. The Hall–Kier alpha value is -1.46. The van der Waals surface area contributed by atoms with Gasteiger partial charge >= 0.3 is 0 Å². The Morgan fingerprint density at radius 3 is 2.89 bits per heavy atom. The Labute approximate surface area is 123 Å². The summed E-state index contributed by atoms with van der Waals surface area (Å²) in [5.74, 6) is 0.192. The average molecular weight is 335 g/mol. The molecule has 0 amide bonds. The van der Waals surface area contributed by atoms with Crippen LogP contribution in [0.5, 0.6) is 0 Å². The second-order valence-corrected chi connectivity index (χ2v) is 6.83. The van der Waals surface area contributed by atoms with E-state index in [4.69, 9.17) is 0 Å². The maximum atomic E-state index is 12.1. The zero-order valence-corrected chi connectivity index (χ0v) is 12.4. The first kappa shape index (κ1) is 12.6. The molecule has 0 aliphatic carbocycles. The summed E-state index contributed by atoms with van der Waals surface area (Å²) in [5, 5.41) is 0. The molecule has 19 heavy (non-hydrogen) atoms. The normalized spacial score (nSPS) is 11.0. The standard InChI is InChI=1S/C14H11BrN2OS/c15-14-6-5-11(19-14)7-10(18)8-17-9-16-12-3-1-2-4-13(12)17/h1-6,9H,7-8H2. The number of hydrogen-bond acceptors (Lipinski definition) is 3. The van der Waals surface area contributed by atoms with Gasteiger partial charge in [-0.3, -0.25) is 4.79 Å². The Kier molecular flexibility index (Phi) is 3.48. The summed E-state index contributed by atoms with van der Waals surface area (Å²) in [7, 11) is 0. The summed E-state index contributed by atoms with van der Waals surface area (Å²) in [5.41, 5.74) is 1.93. The minimum absolute atomic E-state index is 0.192. The molecule has 0 aliphatic heterocycles. The van der Waals surface area contributed by atoms with Crippen LogP contribution in [0.4, 0.5) is 0 Å². The molecule has 0 saturated heterocycles. The van der Waals surface area contributed by atoms with E-state index in [9.17, 15) is 4.79 Å². The molecule has 96 valence electrons. The predicted molar refractivity (Wildman–Crippen MR) is 80.5 cm³/mol. The van der Waals surface area contributed by atoms with E-state index >= 15 is 0 Å². The number of thiophene rings is 1. The van der Waals surface area contributed by atoms with Crippen LogP contribution < -0.4 is 0 Å². The number of fused-ring (bicyclic) bond motifs is 1. The second kappa shape index (κ2) is 5.27. The monoisotopic (exact) mass is 334 g/mol. The molecule has 3 aromatic rings. The SMILES string of the molecule is O=C(Cc1ccc(Br)s1)Cn1cnc2ccccc21. The molecule has 0 atom stereocenters. The smallest absolute Gasteiger partial charge is 0.157 e. The highest BCUT2D eigenvalue weighted by molar-refractivity contribution is 9.11. The van der Waals surface area contributed by atoms with Crippen LogP contribution in [0, 0.1) is 0 Å². The number of benzene rings is 1. The number of hydrogen-bond donors (Lipinski definition) is 0. The average Bonchev–Trinajstić information content (AvgIpc) is 2.97. The molecule has 0 spiro atoms. The third-order valence-corrected chi connectivity index (χ3v) is 4.50. The molecule has 0 fully saturated rings. The molecular weight excluding hydrogens is 324 g/mol. The van der Waals surface area contributed by atoms with Crippen molar-refractivity contribution in [1.29, 1.82) is 0 Å². The summed E-state index contributed by atoms with van der Waals surface area (Å²) in [6, 6.07) is 11.8. The van der Waals surface area contributed by atoms with Gasteiger partial charge in [-0.25, -0.2) is 4.98 Å². The topological polar surface area (TPSA) is 34.9 Å². The zero-order valence-electron chi connectivity index (χ0n) is 10.0. The summed E-state index contributed by atoms with van der Waals surface area (Å²) in [6.45, 7) is 0.371.